The molecule has 0 amide bonds. The van der Waals surface area contributed by atoms with Gasteiger partial charge in [-0.3, -0.25) is 0 Å². The minimum atomic E-state index is 0.331. The molecule has 6 heteroatoms. The molecule has 0 aliphatic rings. The third-order valence-electron chi connectivity index (χ3n) is 3.05. The molecule has 0 spiro atoms. The summed E-state index contributed by atoms with van der Waals surface area (Å²) in [6.07, 6.45) is 0. The van der Waals surface area contributed by atoms with Gasteiger partial charge in [0.1, 0.15) is 10.3 Å². The van der Waals surface area contributed by atoms with E-state index in [0.29, 0.717) is 26.7 Å². The second-order valence-corrected chi connectivity index (χ2v) is 6.38. The summed E-state index contributed by atoms with van der Waals surface area (Å²) >= 11 is 20.1. The fraction of sp³-hybridized carbons (Fsp3) is 0.0667. The van der Waals surface area contributed by atoms with Crippen LogP contribution in [0.5, 0.6) is 0 Å². The fourth-order valence-electron chi connectivity index (χ4n) is 1.97. The topological polar surface area (TPSA) is 25.8 Å². The van der Waals surface area contributed by atoms with Gasteiger partial charge in [-0.25, -0.2) is 9.97 Å². The van der Waals surface area contributed by atoms with Gasteiger partial charge >= 0.3 is 0 Å². The SMILES string of the molecule is Cc1cscc1-c1nc(Cl)c(-c2ccc(Cl)cc2)c(Cl)n1. The molecule has 0 N–H and O–H groups in total. The lowest BCUT2D eigenvalue weighted by Gasteiger charge is -2.08. The van der Waals surface area contributed by atoms with E-state index in [1.54, 1.807) is 23.5 Å². The zero-order chi connectivity index (χ0) is 15.0. The largest absolute Gasteiger partial charge is 0.216 e. The van der Waals surface area contributed by atoms with Crippen LogP contribution in [0.2, 0.25) is 15.3 Å². The van der Waals surface area contributed by atoms with E-state index in [-0.39, 0.29) is 0 Å². The number of hydrogen-bond donors (Lipinski definition) is 0. The lowest BCUT2D eigenvalue weighted by atomic mass is 10.1. The molecule has 1 aromatic carbocycles. The zero-order valence-electron chi connectivity index (χ0n) is 10.9. The average Bonchev–Trinajstić information content (AvgIpc) is 2.86. The molecule has 0 unspecified atom stereocenters. The van der Waals surface area contributed by atoms with Gasteiger partial charge < -0.3 is 0 Å². The second-order valence-electron chi connectivity index (χ2n) is 4.48. The Bertz CT molecular complexity index is 774. The van der Waals surface area contributed by atoms with E-state index in [1.807, 2.05) is 29.8 Å². The first-order valence-corrected chi connectivity index (χ1v) is 8.16. The summed E-state index contributed by atoms with van der Waals surface area (Å²) in [6, 6.07) is 7.24. The Morgan fingerprint density at radius 3 is 2.05 bits per heavy atom. The molecular formula is C15H9Cl3N2S. The Kier molecular flexibility index (Phi) is 4.18. The molecule has 0 radical (unpaired) electrons. The minimum absolute atomic E-state index is 0.331. The molecule has 0 aliphatic heterocycles. The first-order valence-electron chi connectivity index (χ1n) is 6.08. The predicted molar refractivity (Wildman–Crippen MR) is 90.5 cm³/mol. The highest BCUT2D eigenvalue weighted by molar-refractivity contribution is 7.08. The number of hydrogen-bond acceptors (Lipinski definition) is 3. The molecule has 2 aromatic heterocycles. The summed E-state index contributed by atoms with van der Waals surface area (Å²) in [4.78, 5) is 8.76. The lowest BCUT2D eigenvalue weighted by Crippen LogP contribution is -1.94. The highest BCUT2D eigenvalue weighted by Gasteiger charge is 2.16. The van der Waals surface area contributed by atoms with Crippen LogP contribution in [0.3, 0.4) is 0 Å². The second kappa shape index (κ2) is 5.93. The molecule has 0 saturated heterocycles. The van der Waals surface area contributed by atoms with Gasteiger partial charge in [0.2, 0.25) is 0 Å². The fourth-order valence-corrected chi connectivity index (χ4v) is 3.53. The molecule has 0 atom stereocenters. The molecule has 3 aromatic rings. The van der Waals surface area contributed by atoms with E-state index in [2.05, 4.69) is 9.97 Å². The monoisotopic (exact) mass is 354 g/mol. The first-order chi connectivity index (χ1) is 10.1. The maximum absolute atomic E-state index is 6.31. The van der Waals surface area contributed by atoms with Crippen LogP contribution in [0.25, 0.3) is 22.5 Å². The molecule has 3 rings (SSSR count). The molecule has 106 valence electrons. The molecule has 0 saturated carbocycles. The van der Waals surface area contributed by atoms with Crippen molar-refractivity contribution in [2.24, 2.45) is 0 Å². The normalized spacial score (nSPS) is 10.9. The van der Waals surface area contributed by atoms with Gasteiger partial charge in [-0.05, 0) is 35.6 Å². The summed E-state index contributed by atoms with van der Waals surface area (Å²) in [7, 11) is 0. The predicted octanol–water partition coefficient (Wildman–Crippen LogP) is 6.14. The van der Waals surface area contributed by atoms with Crippen LogP contribution in [0.4, 0.5) is 0 Å². The molecular weight excluding hydrogens is 347 g/mol. The van der Waals surface area contributed by atoms with E-state index >= 15 is 0 Å². The zero-order valence-corrected chi connectivity index (χ0v) is 14.0. The summed E-state index contributed by atoms with van der Waals surface area (Å²) in [5.41, 5.74) is 3.51. The minimum Gasteiger partial charge on any atom is -0.216 e. The molecule has 21 heavy (non-hydrogen) atoms. The van der Waals surface area contributed by atoms with Crippen molar-refractivity contribution in [3.63, 3.8) is 0 Å². The highest BCUT2D eigenvalue weighted by Crippen LogP contribution is 2.35. The van der Waals surface area contributed by atoms with Gasteiger partial charge in [0.15, 0.2) is 5.82 Å². The van der Waals surface area contributed by atoms with Gasteiger partial charge in [-0.1, -0.05) is 46.9 Å². The van der Waals surface area contributed by atoms with Crippen molar-refractivity contribution in [3.05, 3.63) is 55.9 Å². The van der Waals surface area contributed by atoms with Crippen LogP contribution >= 0.6 is 46.1 Å². The molecule has 0 fully saturated rings. The van der Waals surface area contributed by atoms with E-state index < -0.39 is 0 Å². The summed E-state index contributed by atoms with van der Waals surface area (Å²) in [6.45, 7) is 2.00. The van der Waals surface area contributed by atoms with Crippen molar-refractivity contribution in [1.29, 1.82) is 0 Å². The van der Waals surface area contributed by atoms with Gasteiger partial charge in [-0.2, -0.15) is 11.3 Å². The van der Waals surface area contributed by atoms with Gasteiger partial charge in [0, 0.05) is 16.0 Å². The quantitative estimate of drug-likeness (QED) is 0.516. The number of halogens is 3. The Balaban J connectivity index is 2.13. The van der Waals surface area contributed by atoms with E-state index in [4.69, 9.17) is 34.8 Å². The van der Waals surface area contributed by atoms with Crippen LogP contribution in [0, 0.1) is 6.92 Å². The maximum Gasteiger partial charge on any atom is 0.163 e. The summed E-state index contributed by atoms with van der Waals surface area (Å²) in [5, 5.41) is 5.33. The maximum atomic E-state index is 6.31. The Morgan fingerprint density at radius 2 is 1.52 bits per heavy atom. The van der Waals surface area contributed by atoms with Crippen molar-refractivity contribution < 1.29 is 0 Å². The number of aryl methyl sites for hydroxylation is 1. The van der Waals surface area contributed by atoms with Crippen molar-refractivity contribution in [1.82, 2.24) is 9.97 Å². The third kappa shape index (κ3) is 2.92. The number of thiophene rings is 1. The molecule has 0 bridgehead atoms. The van der Waals surface area contributed by atoms with Crippen molar-refractivity contribution in [2.45, 2.75) is 6.92 Å². The molecule has 2 nitrogen and oxygen atoms in total. The Labute approximate surface area is 141 Å². The smallest absolute Gasteiger partial charge is 0.163 e. The number of rotatable bonds is 2. The molecule has 0 aliphatic carbocycles. The van der Waals surface area contributed by atoms with Crippen molar-refractivity contribution in [2.75, 3.05) is 0 Å². The summed E-state index contributed by atoms with van der Waals surface area (Å²) < 4.78 is 0. The van der Waals surface area contributed by atoms with Crippen LogP contribution in [0.1, 0.15) is 5.56 Å². The lowest BCUT2D eigenvalue weighted by molar-refractivity contribution is 1.17. The first kappa shape index (κ1) is 14.8. The van der Waals surface area contributed by atoms with Crippen LogP contribution in [0.15, 0.2) is 35.0 Å². The third-order valence-corrected chi connectivity index (χ3v) is 4.71. The van der Waals surface area contributed by atoms with Crippen LogP contribution < -0.4 is 0 Å². The Morgan fingerprint density at radius 1 is 0.905 bits per heavy atom. The van der Waals surface area contributed by atoms with Crippen molar-refractivity contribution in [3.8, 4) is 22.5 Å². The van der Waals surface area contributed by atoms with Crippen LogP contribution in [-0.2, 0) is 0 Å². The van der Waals surface area contributed by atoms with Gasteiger partial charge in [-0.15, -0.1) is 0 Å². The van der Waals surface area contributed by atoms with E-state index in [0.717, 1.165) is 16.7 Å². The standard InChI is InChI=1S/C15H9Cl3N2S/c1-8-6-21-7-11(8)15-19-13(17)12(14(18)20-15)9-2-4-10(16)5-3-9/h2-7H,1H3. The van der Waals surface area contributed by atoms with Gasteiger partial charge in [0.05, 0.1) is 5.56 Å². The summed E-state index contributed by atoms with van der Waals surface area (Å²) in [5.74, 6) is 0.543. The van der Waals surface area contributed by atoms with Crippen LogP contribution in [-0.4, -0.2) is 9.97 Å². The number of benzene rings is 1. The van der Waals surface area contributed by atoms with Crippen molar-refractivity contribution >= 4 is 46.1 Å². The van der Waals surface area contributed by atoms with Gasteiger partial charge in [0.25, 0.3) is 0 Å². The van der Waals surface area contributed by atoms with E-state index in [1.165, 1.54) is 0 Å². The molecule has 2 heterocycles. The number of aromatic nitrogens is 2. The highest BCUT2D eigenvalue weighted by atomic mass is 35.5. The average molecular weight is 356 g/mol. The van der Waals surface area contributed by atoms with E-state index in [9.17, 15) is 0 Å². The Hall–Kier alpha value is -1.13. The number of nitrogens with zero attached hydrogens (tertiary/aromatic N) is 2.